The Balaban J connectivity index is 1.49. The summed E-state index contributed by atoms with van der Waals surface area (Å²) in [5.41, 5.74) is 6.03. The van der Waals surface area contributed by atoms with Gasteiger partial charge in [-0.1, -0.05) is 121 Å². The smallest absolute Gasteiger partial charge is 0.0239 e. The van der Waals surface area contributed by atoms with Gasteiger partial charge in [0.05, 0.1) is 0 Å². The molecule has 194 valence electrons. The van der Waals surface area contributed by atoms with E-state index in [4.69, 9.17) is 0 Å². The molecule has 4 aromatic rings. The molecule has 0 unspecified atom stereocenters. The summed E-state index contributed by atoms with van der Waals surface area (Å²) >= 11 is 0. The molecule has 1 nitrogen and oxygen atoms in total. The molecule has 0 spiro atoms. The SMILES string of the molecule is CC(C)N(C1[C@H](c2ccccc2)CC[C@H]1c1ccccc1)C1[C@H](c2ccccc2)CC[C@H]1c1ccccc1. The second-order valence-electron chi connectivity index (χ2n) is 11.7. The lowest BCUT2D eigenvalue weighted by atomic mass is 9.80. The highest BCUT2D eigenvalue weighted by molar-refractivity contribution is 5.34. The van der Waals surface area contributed by atoms with E-state index in [1.54, 1.807) is 0 Å². The van der Waals surface area contributed by atoms with Crippen LogP contribution in [0.3, 0.4) is 0 Å². The Kier molecular flexibility index (Phi) is 7.47. The number of benzene rings is 4. The largest absolute Gasteiger partial charge is 0.293 e. The molecule has 2 aliphatic rings. The second kappa shape index (κ2) is 11.3. The molecule has 0 N–H and O–H groups in total. The van der Waals surface area contributed by atoms with Gasteiger partial charge in [-0.25, -0.2) is 0 Å². The van der Waals surface area contributed by atoms with E-state index in [0.29, 0.717) is 41.8 Å². The predicted molar refractivity (Wildman–Crippen MR) is 160 cm³/mol. The molecule has 6 rings (SSSR count). The molecule has 0 aromatic heterocycles. The molecule has 0 saturated heterocycles. The van der Waals surface area contributed by atoms with Crippen LogP contribution in [-0.4, -0.2) is 23.0 Å². The van der Waals surface area contributed by atoms with Crippen LogP contribution in [0.25, 0.3) is 0 Å². The van der Waals surface area contributed by atoms with Gasteiger partial charge in [0.25, 0.3) is 0 Å². The highest BCUT2D eigenvalue weighted by Crippen LogP contribution is 2.53. The molecule has 38 heavy (non-hydrogen) atoms. The fourth-order valence-corrected chi connectivity index (χ4v) is 7.94. The lowest BCUT2D eigenvalue weighted by molar-refractivity contribution is 0.0626. The van der Waals surface area contributed by atoms with Gasteiger partial charge in [0.2, 0.25) is 0 Å². The number of nitrogens with zero attached hydrogens (tertiary/aromatic N) is 1. The van der Waals surface area contributed by atoms with E-state index in [2.05, 4.69) is 140 Å². The van der Waals surface area contributed by atoms with Gasteiger partial charge in [-0.2, -0.15) is 0 Å². The van der Waals surface area contributed by atoms with Gasteiger partial charge in [-0.05, 0) is 61.8 Å². The Bertz CT molecular complexity index is 1070. The number of rotatable bonds is 7. The topological polar surface area (TPSA) is 3.24 Å². The van der Waals surface area contributed by atoms with E-state index < -0.39 is 0 Å². The maximum absolute atomic E-state index is 3.00. The average Bonchev–Trinajstić information content (AvgIpc) is 3.61. The summed E-state index contributed by atoms with van der Waals surface area (Å²) in [5.74, 6) is 2.16. The van der Waals surface area contributed by atoms with E-state index in [1.807, 2.05) is 0 Å². The van der Waals surface area contributed by atoms with E-state index in [1.165, 1.54) is 47.9 Å². The minimum atomic E-state index is 0.455. The summed E-state index contributed by atoms with van der Waals surface area (Å²) < 4.78 is 0. The van der Waals surface area contributed by atoms with Crippen molar-refractivity contribution in [3.8, 4) is 0 Å². The molecule has 1 heteroatoms. The van der Waals surface area contributed by atoms with Gasteiger partial charge >= 0.3 is 0 Å². The molecule has 0 aliphatic heterocycles. The van der Waals surface area contributed by atoms with Crippen molar-refractivity contribution < 1.29 is 0 Å². The van der Waals surface area contributed by atoms with Gasteiger partial charge in [-0.15, -0.1) is 0 Å². The van der Waals surface area contributed by atoms with Gasteiger partial charge in [0.15, 0.2) is 0 Å². The fraction of sp³-hybridized carbons (Fsp3) is 0.351. The maximum Gasteiger partial charge on any atom is 0.0239 e. The highest BCUT2D eigenvalue weighted by Gasteiger charge is 2.50. The van der Waals surface area contributed by atoms with Crippen LogP contribution in [0.15, 0.2) is 121 Å². The number of hydrogen-bond acceptors (Lipinski definition) is 1. The van der Waals surface area contributed by atoms with Crippen molar-refractivity contribution in [2.45, 2.75) is 81.3 Å². The van der Waals surface area contributed by atoms with Gasteiger partial charge in [0.1, 0.15) is 0 Å². The van der Waals surface area contributed by atoms with Gasteiger partial charge < -0.3 is 0 Å². The lowest BCUT2D eigenvalue weighted by Crippen LogP contribution is -2.53. The van der Waals surface area contributed by atoms with Crippen molar-refractivity contribution >= 4 is 0 Å². The first-order valence-corrected chi connectivity index (χ1v) is 14.7. The Morgan fingerprint density at radius 1 is 0.421 bits per heavy atom. The van der Waals surface area contributed by atoms with Crippen molar-refractivity contribution in [3.05, 3.63) is 144 Å². The normalized spacial score (nSPS) is 24.4. The van der Waals surface area contributed by atoms with Crippen molar-refractivity contribution in [1.82, 2.24) is 4.90 Å². The molecule has 0 heterocycles. The maximum atomic E-state index is 3.00. The van der Waals surface area contributed by atoms with Crippen LogP contribution >= 0.6 is 0 Å². The van der Waals surface area contributed by atoms with Crippen LogP contribution in [0.1, 0.15) is 85.5 Å². The minimum absolute atomic E-state index is 0.455. The zero-order chi connectivity index (χ0) is 25.9. The van der Waals surface area contributed by atoms with Crippen LogP contribution in [0.5, 0.6) is 0 Å². The molecule has 4 aromatic carbocycles. The van der Waals surface area contributed by atoms with Crippen LogP contribution < -0.4 is 0 Å². The fourth-order valence-electron chi connectivity index (χ4n) is 7.94. The summed E-state index contributed by atoms with van der Waals surface area (Å²) in [7, 11) is 0. The molecule has 0 bridgehead atoms. The monoisotopic (exact) mass is 499 g/mol. The van der Waals surface area contributed by atoms with Gasteiger partial charge in [0, 0.05) is 41.8 Å². The Morgan fingerprint density at radius 3 is 0.868 bits per heavy atom. The molecular formula is C37H41N. The first-order chi connectivity index (χ1) is 18.7. The third kappa shape index (κ3) is 4.85. The van der Waals surface area contributed by atoms with E-state index >= 15 is 0 Å². The molecule has 2 fully saturated rings. The zero-order valence-electron chi connectivity index (χ0n) is 22.9. The zero-order valence-corrected chi connectivity index (χ0v) is 22.9. The van der Waals surface area contributed by atoms with Gasteiger partial charge in [-0.3, -0.25) is 4.90 Å². The average molecular weight is 500 g/mol. The second-order valence-corrected chi connectivity index (χ2v) is 11.7. The summed E-state index contributed by atoms with van der Waals surface area (Å²) in [4.78, 5) is 3.00. The van der Waals surface area contributed by atoms with Crippen molar-refractivity contribution in [3.63, 3.8) is 0 Å². The lowest BCUT2D eigenvalue weighted by Gasteiger charge is -2.47. The van der Waals surface area contributed by atoms with Crippen molar-refractivity contribution in [2.24, 2.45) is 0 Å². The summed E-state index contributed by atoms with van der Waals surface area (Å²) in [6, 6.07) is 46.9. The summed E-state index contributed by atoms with van der Waals surface area (Å²) in [6.45, 7) is 4.90. The predicted octanol–water partition coefficient (Wildman–Crippen LogP) is 9.16. The van der Waals surface area contributed by atoms with Crippen LogP contribution in [-0.2, 0) is 0 Å². The highest BCUT2D eigenvalue weighted by atomic mass is 15.2. The first-order valence-electron chi connectivity index (χ1n) is 14.7. The Labute approximate surface area is 229 Å². The van der Waals surface area contributed by atoms with E-state index in [0.717, 1.165) is 0 Å². The standard InChI is InChI=1S/C37H41N/c1-27(2)38(36-32(28-15-7-3-8-16-28)23-24-33(36)29-17-9-4-10-18-29)37-34(30-19-11-5-12-20-30)25-26-35(37)31-21-13-6-14-22-31/h3-22,27,32-37H,23-26H2,1-2H3/t32-,33-,34-,35-/m0/s1. The first kappa shape index (κ1) is 25.1. The molecule has 0 amide bonds. The van der Waals surface area contributed by atoms with Crippen molar-refractivity contribution in [1.29, 1.82) is 0 Å². The molecule has 4 atom stereocenters. The molecule has 2 aliphatic carbocycles. The summed E-state index contributed by atoms with van der Waals surface area (Å²) in [6.07, 6.45) is 4.98. The molecule has 2 saturated carbocycles. The van der Waals surface area contributed by atoms with E-state index in [9.17, 15) is 0 Å². The Hall–Kier alpha value is -3.16. The number of hydrogen-bond donors (Lipinski definition) is 0. The van der Waals surface area contributed by atoms with Crippen LogP contribution in [0.2, 0.25) is 0 Å². The van der Waals surface area contributed by atoms with Crippen LogP contribution in [0.4, 0.5) is 0 Å². The third-order valence-corrected chi connectivity index (χ3v) is 9.42. The summed E-state index contributed by atoms with van der Waals surface area (Å²) in [5, 5.41) is 0. The quantitative estimate of drug-likeness (QED) is 0.245. The molecule has 0 radical (unpaired) electrons. The minimum Gasteiger partial charge on any atom is -0.293 e. The molecular weight excluding hydrogens is 458 g/mol. The third-order valence-electron chi connectivity index (χ3n) is 9.42. The Morgan fingerprint density at radius 2 is 0.658 bits per heavy atom. The van der Waals surface area contributed by atoms with Crippen LogP contribution in [0, 0.1) is 0 Å². The van der Waals surface area contributed by atoms with Crippen molar-refractivity contribution in [2.75, 3.05) is 0 Å². The van der Waals surface area contributed by atoms with E-state index in [-0.39, 0.29) is 0 Å².